The molecule has 1 amide bonds. The number of hydrogen-bond acceptors (Lipinski definition) is 6. The molecule has 1 rings (SSSR count). The summed E-state index contributed by atoms with van der Waals surface area (Å²) in [5.41, 5.74) is 0.192. The zero-order valence-corrected chi connectivity index (χ0v) is 19.6. The van der Waals surface area contributed by atoms with Gasteiger partial charge in [-0.2, -0.15) is 0 Å². The minimum Gasteiger partial charge on any atom is -0.469 e. The summed E-state index contributed by atoms with van der Waals surface area (Å²) in [6.45, 7) is 10.9. The smallest absolute Gasteiger partial charge is 0.407 e. The highest BCUT2D eigenvalue weighted by atomic mass is 32.2. The van der Waals surface area contributed by atoms with Gasteiger partial charge in [0.25, 0.3) is 0 Å². The average Bonchev–Trinajstić information content (AvgIpc) is 2.58. The maximum Gasteiger partial charge on any atom is 0.407 e. The highest BCUT2D eigenvalue weighted by Crippen LogP contribution is 2.18. The van der Waals surface area contributed by atoms with Crippen molar-refractivity contribution in [2.45, 2.75) is 77.0 Å². The first-order chi connectivity index (χ1) is 13.7. The third-order valence-corrected chi connectivity index (χ3v) is 5.67. The molecule has 1 aromatic rings. The molecule has 0 aliphatic heterocycles. The van der Waals surface area contributed by atoms with Crippen molar-refractivity contribution in [1.29, 1.82) is 0 Å². The van der Waals surface area contributed by atoms with Crippen LogP contribution in [0.1, 0.15) is 53.0 Å². The lowest BCUT2D eigenvalue weighted by Gasteiger charge is -2.30. The molecule has 2 N–H and O–H groups in total. The summed E-state index contributed by atoms with van der Waals surface area (Å²) in [5.74, 6) is -0.476. The largest absolute Gasteiger partial charge is 0.469 e. The van der Waals surface area contributed by atoms with Gasteiger partial charge in [-0.05, 0) is 52.2 Å². The highest BCUT2D eigenvalue weighted by molar-refractivity contribution is 7.89. The summed E-state index contributed by atoms with van der Waals surface area (Å²) in [6, 6.07) is 4.84. The zero-order chi connectivity index (χ0) is 23.1. The van der Waals surface area contributed by atoms with Crippen molar-refractivity contribution in [1.82, 2.24) is 10.0 Å². The van der Waals surface area contributed by atoms with Gasteiger partial charge in [-0.25, -0.2) is 17.9 Å². The summed E-state index contributed by atoms with van der Waals surface area (Å²) in [7, 11) is -2.64. The summed E-state index contributed by atoms with van der Waals surface area (Å²) >= 11 is 0. The lowest BCUT2D eigenvalue weighted by Crippen LogP contribution is -2.53. The Balaban J connectivity index is 3.19. The summed E-state index contributed by atoms with van der Waals surface area (Å²) in [5, 5.41) is 2.64. The minimum atomic E-state index is -3.87. The van der Waals surface area contributed by atoms with Gasteiger partial charge in [-0.15, -0.1) is 0 Å². The normalized spacial score (nSPS) is 14.1. The van der Waals surface area contributed by atoms with Gasteiger partial charge in [0.15, 0.2) is 0 Å². The molecule has 0 aliphatic rings. The van der Waals surface area contributed by atoms with Crippen LogP contribution >= 0.6 is 0 Å². The van der Waals surface area contributed by atoms with E-state index >= 15 is 0 Å². The molecule has 0 unspecified atom stereocenters. The van der Waals surface area contributed by atoms with Gasteiger partial charge in [0.05, 0.1) is 24.5 Å². The number of aryl methyl sites for hydroxylation is 1. The van der Waals surface area contributed by atoms with Gasteiger partial charge in [0.2, 0.25) is 10.0 Å². The molecule has 0 radical (unpaired) electrons. The van der Waals surface area contributed by atoms with Gasteiger partial charge in [-0.3, -0.25) is 4.79 Å². The number of rotatable bonds is 9. The van der Waals surface area contributed by atoms with E-state index in [9.17, 15) is 18.0 Å². The van der Waals surface area contributed by atoms with Crippen molar-refractivity contribution in [2.75, 3.05) is 7.11 Å². The highest BCUT2D eigenvalue weighted by Gasteiger charge is 2.32. The number of nitrogens with one attached hydrogen (secondary N) is 2. The van der Waals surface area contributed by atoms with E-state index in [0.717, 1.165) is 5.56 Å². The Morgan fingerprint density at radius 3 is 2.10 bits per heavy atom. The first-order valence-corrected chi connectivity index (χ1v) is 11.4. The first-order valence-electron chi connectivity index (χ1n) is 9.89. The molecular formula is C21H34N2O6S. The van der Waals surface area contributed by atoms with E-state index in [1.54, 1.807) is 32.9 Å². The van der Waals surface area contributed by atoms with Crippen molar-refractivity contribution < 1.29 is 27.5 Å². The van der Waals surface area contributed by atoms with Gasteiger partial charge in [-0.1, -0.05) is 31.5 Å². The molecule has 0 saturated heterocycles. The standard InChI is InChI=1S/C21H34N2O6S/c1-14(2)12-18(23-30(26,27)16-10-8-15(3)9-11-16)17(13-19(24)28-7)22-20(25)29-21(4,5)6/h8-11,14,17-18,23H,12-13H2,1-7H3,(H,22,25)/t17-,18-/m0/s1. The number of alkyl carbamates (subject to hydrolysis) is 1. The fourth-order valence-electron chi connectivity index (χ4n) is 2.80. The van der Waals surface area contributed by atoms with E-state index in [0.29, 0.717) is 6.42 Å². The van der Waals surface area contributed by atoms with Crippen molar-refractivity contribution in [3.63, 3.8) is 0 Å². The molecule has 0 aliphatic carbocycles. The number of carbonyl (C=O) groups excluding carboxylic acids is 2. The quantitative estimate of drug-likeness (QED) is 0.569. The monoisotopic (exact) mass is 442 g/mol. The molecule has 0 saturated carbocycles. The summed E-state index contributed by atoms with van der Waals surface area (Å²) in [6.07, 6.45) is -0.550. The number of ether oxygens (including phenoxy) is 2. The van der Waals surface area contributed by atoms with E-state index in [1.807, 2.05) is 20.8 Å². The Labute approximate surface area is 179 Å². The van der Waals surface area contributed by atoms with Crippen LogP contribution in [0, 0.1) is 12.8 Å². The number of carbonyl (C=O) groups is 2. The molecular weight excluding hydrogens is 408 g/mol. The number of benzene rings is 1. The molecule has 170 valence electrons. The Morgan fingerprint density at radius 2 is 1.63 bits per heavy atom. The third kappa shape index (κ3) is 9.13. The maximum atomic E-state index is 12.9. The van der Waals surface area contributed by atoms with E-state index in [-0.39, 0.29) is 17.2 Å². The Kier molecular flexibility index (Phi) is 9.30. The molecule has 0 aromatic heterocycles. The molecule has 30 heavy (non-hydrogen) atoms. The van der Waals surface area contributed by atoms with Crippen LogP contribution in [-0.4, -0.2) is 45.3 Å². The second-order valence-electron chi connectivity index (χ2n) is 8.70. The van der Waals surface area contributed by atoms with Crippen LogP contribution in [0.15, 0.2) is 29.2 Å². The third-order valence-electron chi connectivity index (χ3n) is 4.17. The van der Waals surface area contributed by atoms with Crippen molar-refractivity contribution in [2.24, 2.45) is 5.92 Å². The van der Waals surface area contributed by atoms with E-state index in [1.165, 1.54) is 19.2 Å². The summed E-state index contributed by atoms with van der Waals surface area (Å²) in [4.78, 5) is 24.4. The van der Waals surface area contributed by atoms with Crippen LogP contribution in [0.4, 0.5) is 4.79 Å². The van der Waals surface area contributed by atoms with Crippen LogP contribution in [0.2, 0.25) is 0 Å². The molecule has 0 bridgehead atoms. The van der Waals surface area contributed by atoms with Crippen LogP contribution in [0.25, 0.3) is 0 Å². The molecule has 0 heterocycles. The molecule has 9 heteroatoms. The second-order valence-corrected chi connectivity index (χ2v) is 10.4. The van der Waals surface area contributed by atoms with E-state index in [4.69, 9.17) is 9.47 Å². The lowest BCUT2D eigenvalue weighted by atomic mass is 9.96. The van der Waals surface area contributed by atoms with E-state index in [2.05, 4.69) is 10.0 Å². The number of methoxy groups -OCH3 is 1. The minimum absolute atomic E-state index is 0.0938. The Bertz CT molecular complexity index is 813. The first kappa shape index (κ1) is 25.9. The average molecular weight is 443 g/mol. The predicted molar refractivity (Wildman–Crippen MR) is 115 cm³/mol. The lowest BCUT2D eigenvalue weighted by molar-refractivity contribution is -0.141. The van der Waals surface area contributed by atoms with Crippen LogP contribution in [0.3, 0.4) is 0 Å². The van der Waals surface area contributed by atoms with Crippen LogP contribution in [-0.2, 0) is 24.3 Å². The van der Waals surface area contributed by atoms with Crippen LogP contribution in [0.5, 0.6) is 0 Å². The van der Waals surface area contributed by atoms with Crippen molar-refractivity contribution >= 4 is 22.1 Å². The van der Waals surface area contributed by atoms with Gasteiger partial charge in [0, 0.05) is 6.04 Å². The molecule has 1 aromatic carbocycles. The van der Waals surface area contributed by atoms with Gasteiger partial charge >= 0.3 is 12.1 Å². The zero-order valence-electron chi connectivity index (χ0n) is 18.8. The number of hydrogen-bond donors (Lipinski definition) is 2. The molecule has 0 spiro atoms. The van der Waals surface area contributed by atoms with Crippen LogP contribution < -0.4 is 10.0 Å². The molecule has 0 fully saturated rings. The second kappa shape index (κ2) is 10.8. The molecule has 2 atom stereocenters. The van der Waals surface area contributed by atoms with Gasteiger partial charge < -0.3 is 14.8 Å². The fraction of sp³-hybridized carbons (Fsp3) is 0.619. The van der Waals surface area contributed by atoms with Crippen molar-refractivity contribution in [3.05, 3.63) is 29.8 Å². The fourth-order valence-corrected chi connectivity index (χ4v) is 4.09. The summed E-state index contributed by atoms with van der Waals surface area (Å²) < 4.78 is 38.6. The molecule has 8 nitrogen and oxygen atoms in total. The topological polar surface area (TPSA) is 111 Å². The number of amides is 1. The van der Waals surface area contributed by atoms with Gasteiger partial charge in [0.1, 0.15) is 5.60 Å². The predicted octanol–water partition coefficient (Wildman–Crippen LogP) is 3.14. The van der Waals surface area contributed by atoms with E-state index < -0.39 is 39.8 Å². The maximum absolute atomic E-state index is 12.9. The SMILES string of the molecule is COC(=O)C[C@H](NC(=O)OC(C)(C)C)[C@H](CC(C)C)NS(=O)(=O)c1ccc(C)cc1. The number of sulfonamides is 1. The number of esters is 1. The Morgan fingerprint density at radius 1 is 1.07 bits per heavy atom. The van der Waals surface area contributed by atoms with Crippen molar-refractivity contribution in [3.8, 4) is 0 Å². The Hall–Kier alpha value is -2.13.